The van der Waals surface area contributed by atoms with Crippen LogP contribution in [0, 0.1) is 11.8 Å². The molecule has 154 valence electrons. The SMILES string of the molecule is CCCCCC1CCC(C2(OC(F)(F)F)C=CC(c3ccccc3)C=C2)CC1. The molecule has 0 unspecified atom stereocenters. The number of allylic oxidation sites excluding steroid dienone is 2. The molecule has 0 saturated heterocycles. The van der Waals surface area contributed by atoms with E-state index < -0.39 is 12.0 Å². The monoisotopic (exact) mass is 392 g/mol. The largest absolute Gasteiger partial charge is 0.523 e. The number of alkyl halides is 3. The van der Waals surface area contributed by atoms with Gasteiger partial charge in [0.25, 0.3) is 0 Å². The van der Waals surface area contributed by atoms with Crippen LogP contribution in [0.1, 0.15) is 69.8 Å². The van der Waals surface area contributed by atoms with Crippen molar-refractivity contribution in [3.05, 3.63) is 60.2 Å². The van der Waals surface area contributed by atoms with Crippen LogP contribution in [0.15, 0.2) is 54.6 Å². The summed E-state index contributed by atoms with van der Waals surface area (Å²) in [6, 6.07) is 9.84. The Kier molecular flexibility index (Phi) is 7.03. The van der Waals surface area contributed by atoms with Crippen LogP contribution in [-0.4, -0.2) is 12.0 Å². The van der Waals surface area contributed by atoms with Gasteiger partial charge in [-0.25, -0.2) is 0 Å². The Labute approximate surface area is 166 Å². The number of halogens is 3. The standard InChI is InChI=1S/C24H31F3O/c1-2-3-5-8-19-11-13-22(14-12-19)23(28-24(25,26)27)17-15-21(16-18-23)20-9-6-4-7-10-20/h4,6-7,9-10,15-19,21-22H,2-3,5,8,11-14H2,1H3. The highest BCUT2D eigenvalue weighted by atomic mass is 19.4. The van der Waals surface area contributed by atoms with Gasteiger partial charge in [0.2, 0.25) is 0 Å². The van der Waals surface area contributed by atoms with Crippen LogP contribution in [0.4, 0.5) is 13.2 Å². The molecule has 2 aliphatic rings. The summed E-state index contributed by atoms with van der Waals surface area (Å²) < 4.78 is 44.5. The molecule has 1 aromatic carbocycles. The normalized spacial score (nSPS) is 30.5. The molecule has 0 atom stereocenters. The molecule has 0 aliphatic heterocycles. The van der Waals surface area contributed by atoms with E-state index in [9.17, 15) is 13.2 Å². The van der Waals surface area contributed by atoms with Crippen LogP contribution >= 0.6 is 0 Å². The number of hydrogen-bond donors (Lipinski definition) is 0. The molecule has 0 heterocycles. The predicted octanol–water partition coefficient (Wildman–Crippen LogP) is 7.56. The molecule has 0 amide bonds. The molecule has 2 aliphatic carbocycles. The summed E-state index contributed by atoms with van der Waals surface area (Å²) in [7, 11) is 0. The zero-order valence-electron chi connectivity index (χ0n) is 16.6. The Morgan fingerprint density at radius 3 is 2.18 bits per heavy atom. The maximum absolute atomic E-state index is 13.3. The Morgan fingerprint density at radius 1 is 0.964 bits per heavy atom. The fraction of sp³-hybridized carbons (Fsp3) is 0.583. The summed E-state index contributed by atoms with van der Waals surface area (Å²) in [5.41, 5.74) is -0.284. The first kappa shape index (κ1) is 21.2. The van der Waals surface area contributed by atoms with Crippen molar-refractivity contribution in [1.82, 2.24) is 0 Å². The van der Waals surface area contributed by atoms with Crippen molar-refractivity contribution in [2.75, 3.05) is 0 Å². The van der Waals surface area contributed by atoms with Crippen molar-refractivity contribution < 1.29 is 17.9 Å². The lowest BCUT2D eigenvalue weighted by atomic mass is 9.70. The summed E-state index contributed by atoms with van der Waals surface area (Å²) >= 11 is 0. The first-order chi connectivity index (χ1) is 13.4. The van der Waals surface area contributed by atoms with E-state index in [0.29, 0.717) is 5.92 Å². The smallest absolute Gasteiger partial charge is 0.276 e. The molecule has 0 bridgehead atoms. The van der Waals surface area contributed by atoms with Gasteiger partial charge in [-0.2, -0.15) is 0 Å². The average molecular weight is 393 g/mol. The first-order valence-corrected chi connectivity index (χ1v) is 10.6. The maximum Gasteiger partial charge on any atom is 0.523 e. The Morgan fingerprint density at radius 2 is 1.61 bits per heavy atom. The summed E-state index contributed by atoms with van der Waals surface area (Å²) in [5.74, 6) is 0.525. The maximum atomic E-state index is 13.3. The number of benzene rings is 1. The second-order valence-electron chi connectivity index (χ2n) is 8.27. The van der Waals surface area contributed by atoms with Gasteiger partial charge in [-0.05, 0) is 30.2 Å². The lowest BCUT2D eigenvalue weighted by Gasteiger charge is -2.42. The number of unbranched alkanes of at least 4 members (excludes halogenated alkanes) is 2. The van der Waals surface area contributed by atoms with Gasteiger partial charge in [-0.3, -0.25) is 4.74 Å². The fourth-order valence-corrected chi connectivity index (χ4v) is 4.73. The van der Waals surface area contributed by atoms with Crippen molar-refractivity contribution in [1.29, 1.82) is 0 Å². The fourth-order valence-electron chi connectivity index (χ4n) is 4.73. The molecule has 4 heteroatoms. The molecule has 1 saturated carbocycles. The highest BCUT2D eigenvalue weighted by molar-refractivity contribution is 5.36. The third-order valence-electron chi connectivity index (χ3n) is 6.31. The minimum atomic E-state index is -4.65. The van der Waals surface area contributed by atoms with Crippen LogP contribution in [0.25, 0.3) is 0 Å². The first-order valence-electron chi connectivity index (χ1n) is 10.6. The van der Waals surface area contributed by atoms with Gasteiger partial charge in [-0.15, -0.1) is 13.2 Å². The number of rotatable bonds is 7. The quantitative estimate of drug-likeness (QED) is 0.344. The Bertz CT molecular complexity index is 640. The van der Waals surface area contributed by atoms with Gasteiger partial charge in [0.05, 0.1) is 0 Å². The van der Waals surface area contributed by atoms with E-state index in [0.717, 1.165) is 31.2 Å². The van der Waals surface area contributed by atoms with E-state index in [-0.39, 0.29) is 11.8 Å². The molecule has 1 aromatic rings. The zero-order chi connectivity index (χ0) is 20.0. The second kappa shape index (κ2) is 9.30. The van der Waals surface area contributed by atoms with Crippen molar-refractivity contribution in [2.45, 2.75) is 76.2 Å². The molecule has 1 fully saturated rings. The van der Waals surface area contributed by atoms with Crippen molar-refractivity contribution >= 4 is 0 Å². The summed E-state index contributed by atoms with van der Waals surface area (Å²) in [6.45, 7) is 2.19. The van der Waals surface area contributed by atoms with Crippen molar-refractivity contribution in [3.63, 3.8) is 0 Å². The molecular formula is C24H31F3O. The van der Waals surface area contributed by atoms with Gasteiger partial charge in [-0.1, -0.05) is 100 Å². The van der Waals surface area contributed by atoms with E-state index in [1.807, 2.05) is 42.5 Å². The minimum absolute atomic E-state index is 0.00320. The number of ether oxygens (including phenoxy) is 1. The highest BCUT2D eigenvalue weighted by Crippen LogP contribution is 2.45. The average Bonchev–Trinajstić information content (AvgIpc) is 2.69. The molecule has 0 radical (unpaired) electrons. The molecule has 28 heavy (non-hydrogen) atoms. The summed E-state index contributed by atoms with van der Waals surface area (Å²) in [5, 5.41) is 0. The van der Waals surface area contributed by atoms with E-state index in [2.05, 4.69) is 6.92 Å². The van der Waals surface area contributed by atoms with Gasteiger partial charge < -0.3 is 0 Å². The molecule has 3 rings (SSSR count). The third-order valence-corrected chi connectivity index (χ3v) is 6.31. The van der Waals surface area contributed by atoms with E-state index >= 15 is 0 Å². The second-order valence-corrected chi connectivity index (χ2v) is 8.27. The highest BCUT2D eigenvalue weighted by Gasteiger charge is 2.47. The Hall–Kier alpha value is -1.55. The van der Waals surface area contributed by atoms with Crippen LogP contribution in [0.2, 0.25) is 0 Å². The molecule has 0 N–H and O–H groups in total. The van der Waals surface area contributed by atoms with Crippen molar-refractivity contribution in [3.8, 4) is 0 Å². The topological polar surface area (TPSA) is 9.23 Å². The van der Waals surface area contributed by atoms with Crippen LogP contribution < -0.4 is 0 Å². The zero-order valence-corrected chi connectivity index (χ0v) is 16.6. The van der Waals surface area contributed by atoms with Gasteiger partial charge >= 0.3 is 6.36 Å². The number of hydrogen-bond acceptors (Lipinski definition) is 1. The predicted molar refractivity (Wildman–Crippen MR) is 107 cm³/mol. The van der Waals surface area contributed by atoms with E-state index in [4.69, 9.17) is 4.74 Å². The van der Waals surface area contributed by atoms with E-state index in [1.165, 1.54) is 25.7 Å². The molecular weight excluding hydrogens is 361 g/mol. The Balaban J connectivity index is 1.70. The van der Waals surface area contributed by atoms with Crippen LogP contribution in [0.3, 0.4) is 0 Å². The minimum Gasteiger partial charge on any atom is -0.276 e. The lowest BCUT2D eigenvalue weighted by molar-refractivity contribution is -0.358. The third kappa shape index (κ3) is 5.50. The lowest BCUT2D eigenvalue weighted by Crippen LogP contribution is -2.44. The van der Waals surface area contributed by atoms with Gasteiger partial charge in [0.1, 0.15) is 5.60 Å². The summed E-state index contributed by atoms with van der Waals surface area (Å²) in [6.07, 6.45) is 10.9. The molecule has 0 aromatic heterocycles. The van der Waals surface area contributed by atoms with Crippen molar-refractivity contribution in [2.24, 2.45) is 11.8 Å². The van der Waals surface area contributed by atoms with Crippen LogP contribution in [-0.2, 0) is 4.74 Å². The molecule has 0 spiro atoms. The van der Waals surface area contributed by atoms with E-state index in [1.54, 1.807) is 12.2 Å². The summed E-state index contributed by atoms with van der Waals surface area (Å²) in [4.78, 5) is 0. The van der Waals surface area contributed by atoms with Gasteiger partial charge in [0.15, 0.2) is 0 Å². The van der Waals surface area contributed by atoms with Gasteiger partial charge in [0, 0.05) is 5.92 Å². The van der Waals surface area contributed by atoms with Crippen LogP contribution in [0.5, 0.6) is 0 Å². The molecule has 1 nitrogen and oxygen atoms in total.